The third-order valence-electron chi connectivity index (χ3n) is 3.23. The van der Waals surface area contributed by atoms with Gasteiger partial charge in [-0.15, -0.1) is 0 Å². The highest BCUT2D eigenvalue weighted by molar-refractivity contribution is 6.30. The molecule has 0 saturated carbocycles. The predicted octanol–water partition coefficient (Wildman–Crippen LogP) is 3.65. The molecule has 0 aromatic heterocycles. The molecule has 1 amide bonds. The molecule has 0 aliphatic rings. The number of benzene rings is 2. The SMILES string of the molecule is C[C@H](NC(=O)COC(=O)c1ccc(F)cc1F)c1ccc(Cl)cc1. The van der Waals surface area contributed by atoms with E-state index < -0.39 is 35.7 Å². The smallest absolute Gasteiger partial charge is 0.341 e. The van der Waals surface area contributed by atoms with Crippen LogP contribution < -0.4 is 5.32 Å². The molecular weight excluding hydrogens is 340 g/mol. The summed E-state index contributed by atoms with van der Waals surface area (Å²) in [7, 11) is 0. The molecule has 2 aromatic rings. The minimum atomic E-state index is -1.05. The fourth-order valence-corrected chi connectivity index (χ4v) is 2.11. The number of hydrogen-bond acceptors (Lipinski definition) is 3. The molecule has 0 heterocycles. The van der Waals surface area contributed by atoms with E-state index in [1.165, 1.54) is 0 Å². The highest BCUT2D eigenvalue weighted by Gasteiger charge is 2.16. The van der Waals surface area contributed by atoms with Crippen molar-refractivity contribution in [3.05, 3.63) is 70.2 Å². The molecular formula is C17H14ClF2NO3. The minimum absolute atomic E-state index is 0.323. The Morgan fingerprint density at radius 1 is 1.17 bits per heavy atom. The third kappa shape index (κ3) is 4.76. The number of nitrogens with one attached hydrogen (secondary N) is 1. The van der Waals surface area contributed by atoms with E-state index >= 15 is 0 Å². The van der Waals surface area contributed by atoms with Crippen molar-refractivity contribution in [2.24, 2.45) is 0 Å². The summed E-state index contributed by atoms with van der Waals surface area (Å²) in [4.78, 5) is 23.5. The zero-order chi connectivity index (χ0) is 17.7. The van der Waals surface area contributed by atoms with Crippen LogP contribution in [0.5, 0.6) is 0 Å². The Hall–Kier alpha value is -2.47. The molecule has 126 valence electrons. The highest BCUT2D eigenvalue weighted by atomic mass is 35.5. The van der Waals surface area contributed by atoms with E-state index in [9.17, 15) is 18.4 Å². The summed E-state index contributed by atoms with van der Waals surface area (Å²) in [6.45, 7) is 1.18. The van der Waals surface area contributed by atoms with Crippen LogP contribution in [0.25, 0.3) is 0 Å². The average molecular weight is 354 g/mol. The second kappa shape index (κ2) is 7.88. The Bertz CT molecular complexity index is 750. The molecule has 4 nitrogen and oxygen atoms in total. The van der Waals surface area contributed by atoms with Gasteiger partial charge in [0.05, 0.1) is 11.6 Å². The topological polar surface area (TPSA) is 55.4 Å². The fraction of sp³-hybridized carbons (Fsp3) is 0.176. The summed E-state index contributed by atoms with van der Waals surface area (Å²) in [6, 6.07) is 9.04. The van der Waals surface area contributed by atoms with Crippen molar-refractivity contribution >= 4 is 23.5 Å². The molecule has 0 fully saturated rings. The summed E-state index contributed by atoms with van der Waals surface area (Å²) >= 11 is 5.79. The van der Waals surface area contributed by atoms with Crippen molar-refractivity contribution < 1.29 is 23.1 Å². The summed E-state index contributed by atoms with van der Waals surface area (Å²) < 4.78 is 31.0. The lowest BCUT2D eigenvalue weighted by molar-refractivity contribution is -0.124. The molecule has 0 aliphatic carbocycles. The molecule has 0 bridgehead atoms. The molecule has 1 N–H and O–H groups in total. The lowest BCUT2D eigenvalue weighted by atomic mass is 10.1. The van der Waals surface area contributed by atoms with E-state index in [1.807, 2.05) is 0 Å². The van der Waals surface area contributed by atoms with Gasteiger partial charge in [0, 0.05) is 11.1 Å². The standard InChI is InChI=1S/C17H14ClF2NO3/c1-10(11-2-4-12(18)5-3-11)21-16(22)9-24-17(23)14-7-6-13(19)8-15(14)20/h2-8,10H,9H2,1H3,(H,21,22)/t10-/m0/s1. The number of carbonyl (C=O) groups is 2. The zero-order valence-electron chi connectivity index (χ0n) is 12.7. The average Bonchev–Trinajstić information content (AvgIpc) is 2.53. The van der Waals surface area contributed by atoms with Crippen LogP contribution >= 0.6 is 11.6 Å². The summed E-state index contributed by atoms with van der Waals surface area (Å²) in [5, 5.41) is 3.21. The zero-order valence-corrected chi connectivity index (χ0v) is 13.4. The van der Waals surface area contributed by atoms with E-state index in [0.717, 1.165) is 17.7 Å². The van der Waals surface area contributed by atoms with E-state index in [-0.39, 0.29) is 6.04 Å². The maximum Gasteiger partial charge on any atom is 0.341 e. The van der Waals surface area contributed by atoms with Gasteiger partial charge in [-0.3, -0.25) is 4.79 Å². The monoisotopic (exact) mass is 353 g/mol. The fourth-order valence-electron chi connectivity index (χ4n) is 1.98. The predicted molar refractivity (Wildman–Crippen MR) is 84.7 cm³/mol. The molecule has 24 heavy (non-hydrogen) atoms. The lowest BCUT2D eigenvalue weighted by Gasteiger charge is -2.14. The largest absolute Gasteiger partial charge is 0.452 e. The Morgan fingerprint density at radius 2 is 1.83 bits per heavy atom. The van der Waals surface area contributed by atoms with Gasteiger partial charge in [0.2, 0.25) is 0 Å². The van der Waals surface area contributed by atoms with Crippen LogP contribution in [0.1, 0.15) is 28.9 Å². The maximum atomic E-state index is 13.4. The van der Waals surface area contributed by atoms with Crippen molar-refractivity contribution in [3.63, 3.8) is 0 Å². The van der Waals surface area contributed by atoms with Crippen molar-refractivity contribution in [1.29, 1.82) is 0 Å². The normalized spacial score (nSPS) is 11.7. The molecule has 0 saturated heterocycles. The molecule has 0 aliphatic heterocycles. The molecule has 0 unspecified atom stereocenters. The first-order chi connectivity index (χ1) is 11.4. The summed E-state index contributed by atoms with van der Waals surface area (Å²) in [6.07, 6.45) is 0. The number of amides is 1. The Morgan fingerprint density at radius 3 is 2.46 bits per heavy atom. The number of rotatable bonds is 5. The number of esters is 1. The van der Waals surface area contributed by atoms with Crippen molar-refractivity contribution in [1.82, 2.24) is 5.32 Å². The Labute approximate surface area is 142 Å². The molecule has 2 rings (SSSR count). The van der Waals surface area contributed by atoms with Gasteiger partial charge >= 0.3 is 5.97 Å². The number of ether oxygens (including phenoxy) is 1. The van der Waals surface area contributed by atoms with Gasteiger partial charge in [-0.25, -0.2) is 13.6 Å². The van der Waals surface area contributed by atoms with Crippen molar-refractivity contribution in [3.8, 4) is 0 Å². The second-order valence-corrected chi connectivity index (χ2v) is 5.48. The number of halogens is 3. The van der Waals surface area contributed by atoms with Gasteiger partial charge < -0.3 is 10.1 Å². The van der Waals surface area contributed by atoms with Crippen molar-refractivity contribution in [2.45, 2.75) is 13.0 Å². The van der Waals surface area contributed by atoms with E-state index in [1.54, 1.807) is 31.2 Å². The first-order valence-corrected chi connectivity index (χ1v) is 7.41. The summed E-state index contributed by atoms with van der Waals surface area (Å²) in [5.74, 6) is -3.44. The van der Waals surface area contributed by atoms with E-state index in [2.05, 4.69) is 5.32 Å². The van der Waals surface area contributed by atoms with Gasteiger partial charge in [0.25, 0.3) is 5.91 Å². The van der Waals surface area contributed by atoms with E-state index in [0.29, 0.717) is 11.1 Å². The van der Waals surface area contributed by atoms with Gasteiger partial charge in [0.15, 0.2) is 6.61 Å². The van der Waals surface area contributed by atoms with Crippen LogP contribution in [0, 0.1) is 11.6 Å². The number of carbonyl (C=O) groups excluding carboxylic acids is 2. The van der Waals surface area contributed by atoms with Crippen LogP contribution in [0.3, 0.4) is 0 Å². The second-order valence-electron chi connectivity index (χ2n) is 5.04. The first kappa shape index (κ1) is 17.9. The Kier molecular flexibility index (Phi) is 5.87. The van der Waals surface area contributed by atoms with Gasteiger partial charge in [-0.05, 0) is 36.8 Å². The van der Waals surface area contributed by atoms with Crippen molar-refractivity contribution in [2.75, 3.05) is 6.61 Å². The molecule has 0 spiro atoms. The number of hydrogen-bond donors (Lipinski definition) is 1. The molecule has 2 aromatic carbocycles. The Balaban J connectivity index is 1.88. The third-order valence-corrected chi connectivity index (χ3v) is 3.48. The molecule has 7 heteroatoms. The van der Waals surface area contributed by atoms with Crippen LogP contribution in [0.4, 0.5) is 8.78 Å². The van der Waals surface area contributed by atoms with Crippen LogP contribution in [-0.4, -0.2) is 18.5 Å². The van der Waals surface area contributed by atoms with Gasteiger partial charge in [0.1, 0.15) is 11.6 Å². The molecule has 1 atom stereocenters. The first-order valence-electron chi connectivity index (χ1n) is 7.04. The quantitative estimate of drug-likeness (QED) is 0.835. The van der Waals surface area contributed by atoms with Crippen LogP contribution in [0.15, 0.2) is 42.5 Å². The van der Waals surface area contributed by atoms with E-state index in [4.69, 9.17) is 16.3 Å². The highest BCUT2D eigenvalue weighted by Crippen LogP contribution is 2.16. The maximum absolute atomic E-state index is 13.4. The van der Waals surface area contributed by atoms with Crippen LogP contribution in [-0.2, 0) is 9.53 Å². The molecule has 0 radical (unpaired) electrons. The lowest BCUT2D eigenvalue weighted by Crippen LogP contribution is -2.31. The summed E-state index contributed by atoms with van der Waals surface area (Å²) in [5.41, 5.74) is 0.388. The van der Waals surface area contributed by atoms with Gasteiger partial charge in [-0.1, -0.05) is 23.7 Å². The van der Waals surface area contributed by atoms with Gasteiger partial charge in [-0.2, -0.15) is 0 Å². The minimum Gasteiger partial charge on any atom is -0.452 e. The van der Waals surface area contributed by atoms with Crippen LogP contribution in [0.2, 0.25) is 5.02 Å².